The fourth-order valence-corrected chi connectivity index (χ4v) is 3.09. The molecule has 0 aliphatic rings. The van der Waals surface area contributed by atoms with Gasteiger partial charge < -0.3 is 19.6 Å². The summed E-state index contributed by atoms with van der Waals surface area (Å²) in [5, 5.41) is 4.19. The van der Waals surface area contributed by atoms with Gasteiger partial charge in [0.1, 0.15) is 5.69 Å². The van der Waals surface area contributed by atoms with Crippen molar-refractivity contribution in [1.29, 1.82) is 0 Å². The maximum absolute atomic E-state index is 11.8. The maximum atomic E-state index is 11.8. The van der Waals surface area contributed by atoms with Gasteiger partial charge in [-0.25, -0.2) is 0 Å². The van der Waals surface area contributed by atoms with E-state index >= 15 is 0 Å². The molecule has 6 nitrogen and oxygen atoms in total. The van der Waals surface area contributed by atoms with Crippen molar-refractivity contribution in [2.45, 2.75) is 19.9 Å². The van der Waals surface area contributed by atoms with Crippen LogP contribution in [0, 0.1) is 6.92 Å². The Balaban J connectivity index is 2.09. The lowest BCUT2D eigenvalue weighted by molar-refractivity contribution is 0.0999. The monoisotopic (exact) mass is 339 g/mol. The van der Waals surface area contributed by atoms with Gasteiger partial charge in [-0.3, -0.25) is 4.79 Å². The molecule has 2 aromatic heterocycles. The standard InChI is InChI=1S/C19H21N3O3/c1-12(11-24-3)22-13(2)15(19(20)23)9-17(22)16-10-18(25-21-16)14-7-5-4-6-8-14/h4-10,12H,11H2,1-3H3,(H2,20,23). The van der Waals surface area contributed by atoms with Crippen molar-refractivity contribution >= 4 is 5.91 Å². The fraction of sp³-hybridized carbons (Fsp3) is 0.263. The molecule has 0 saturated heterocycles. The van der Waals surface area contributed by atoms with Gasteiger partial charge in [0.05, 0.1) is 23.9 Å². The number of primary amides is 1. The highest BCUT2D eigenvalue weighted by Gasteiger charge is 2.22. The molecule has 0 fully saturated rings. The molecule has 2 heterocycles. The van der Waals surface area contributed by atoms with Crippen LogP contribution in [0.25, 0.3) is 22.7 Å². The number of nitrogens with zero attached hydrogens (tertiary/aromatic N) is 2. The highest BCUT2D eigenvalue weighted by atomic mass is 16.5. The van der Waals surface area contributed by atoms with Crippen molar-refractivity contribution in [3.63, 3.8) is 0 Å². The highest BCUT2D eigenvalue weighted by Crippen LogP contribution is 2.31. The quantitative estimate of drug-likeness (QED) is 0.746. The largest absolute Gasteiger partial charge is 0.383 e. The summed E-state index contributed by atoms with van der Waals surface area (Å²) in [6.45, 7) is 4.39. The van der Waals surface area contributed by atoms with E-state index in [1.807, 2.05) is 54.8 Å². The smallest absolute Gasteiger partial charge is 0.250 e. The molecule has 3 aromatic rings. The van der Waals surface area contributed by atoms with E-state index in [1.54, 1.807) is 13.2 Å². The number of hydrogen-bond acceptors (Lipinski definition) is 4. The van der Waals surface area contributed by atoms with Gasteiger partial charge in [0.2, 0.25) is 0 Å². The van der Waals surface area contributed by atoms with E-state index in [9.17, 15) is 4.79 Å². The van der Waals surface area contributed by atoms with Gasteiger partial charge in [-0.15, -0.1) is 0 Å². The Morgan fingerprint density at radius 1 is 1.32 bits per heavy atom. The molecule has 1 amide bonds. The van der Waals surface area contributed by atoms with Crippen LogP contribution in [-0.4, -0.2) is 29.3 Å². The molecule has 0 spiro atoms. The maximum Gasteiger partial charge on any atom is 0.250 e. The second kappa shape index (κ2) is 6.94. The van der Waals surface area contributed by atoms with E-state index in [0.29, 0.717) is 23.6 Å². The molecule has 130 valence electrons. The Hall–Kier alpha value is -2.86. The molecule has 1 unspecified atom stereocenters. The second-order valence-corrected chi connectivity index (χ2v) is 6.01. The number of rotatable bonds is 6. The lowest BCUT2D eigenvalue weighted by Gasteiger charge is -2.18. The third-order valence-electron chi connectivity index (χ3n) is 4.24. The minimum atomic E-state index is -0.464. The van der Waals surface area contributed by atoms with Gasteiger partial charge in [-0.1, -0.05) is 35.5 Å². The molecule has 1 atom stereocenters. The first-order chi connectivity index (χ1) is 12.0. The van der Waals surface area contributed by atoms with Crippen LogP contribution < -0.4 is 5.73 Å². The molecule has 0 aliphatic heterocycles. The number of carbonyl (C=O) groups is 1. The SMILES string of the molecule is COCC(C)n1c(-c2cc(-c3ccccc3)on2)cc(C(N)=O)c1C. The summed E-state index contributed by atoms with van der Waals surface area (Å²) < 4.78 is 12.8. The van der Waals surface area contributed by atoms with E-state index in [0.717, 1.165) is 17.0 Å². The predicted molar refractivity (Wildman–Crippen MR) is 95.2 cm³/mol. The van der Waals surface area contributed by atoms with Crippen LogP contribution >= 0.6 is 0 Å². The van der Waals surface area contributed by atoms with Crippen molar-refractivity contribution in [1.82, 2.24) is 9.72 Å². The van der Waals surface area contributed by atoms with E-state index in [2.05, 4.69) is 5.16 Å². The molecule has 0 aliphatic carbocycles. The molecular weight excluding hydrogens is 318 g/mol. The Kier molecular flexibility index (Phi) is 4.72. The predicted octanol–water partition coefficient (Wildman–Crippen LogP) is 3.42. The molecule has 2 N–H and O–H groups in total. The topological polar surface area (TPSA) is 83.3 Å². The first-order valence-electron chi connectivity index (χ1n) is 8.06. The van der Waals surface area contributed by atoms with E-state index in [1.165, 1.54) is 0 Å². The number of methoxy groups -OCH3 is 1. The number of ether oxygens (including phenoxy) is 1. The zero-order valence-electron chi connectivity index (χ0n) is 14.5. The number of aromatic nitrogens is 2. The minimum Gasteiger partial charge on any atom is -0.383 e. The summed E-state index contributed by atoms with van der Waals surface area (Å²) >= 11 is 0. The van der Waals surface area contributed by atoms with Crippen molar-refractivity contribution < 1.29 is 14.1 Å². The Labute approximate surface area is 146 Å². The van der Waals surface area contributed by atoms with Crippen molar-refractivity contribution in [3.8, 4) is 22.7 Å². The average molecular weight is 339 g/mol. The molecule has 0 radical (unpaired) electrons. The first-order valence-corrected chi connectivity index (χ1v) is 8.06. The van der Waals surface area contributed by atoms with Gasteiger partial charge in [0.15, 0.2) is 5.76 Å². The number of nitrogens with two attached hydrogens (primary N) is 1. The van der Waals surface area contributed by atoms with Gasteiger partial charge in [0.25, 0.3) is 5.91 Å². The van der Waals surface area contributed by atoms with Crippen LogP contribution in [-0.2, 0) is 4.74 Å². The summed E-state index contributed by atoms with van der Waals surface area (Å²) in [7, 11) is 1.65. The van der Waals surface area contributed by atoms with Crippen LogP contribution in [0.5, 0.6) is 0 Å². The third kappa shape index (κ3) is 3.21. The lowest BCUT2D eigenvalue weighted by Crippen LogP contribution is -2.16. The Morgan fingerprint density at radius 2 is 2.04 bits per heavy atom. The zero-order chi connectivity index (χ0) is 18.0. The first kappa shape index (κ1) is 17.0. The normalized spacial score (nSPS) is 12.3. The van der Waals surface area contributed by atoms with E-state index < -0.39 is 5.91 Å². The van der Waals surface area contributed by atoms with Gasteiger partial charge in [-0.05, 0) is 19.9 Å². The molecule has 1 aromatic carbocycles. The number of hydrogen-bond donors (Lipinski definition) is 1. The lowest BCUT2D eigenvalue weighted by atomic mass is 10.1. The number of carbonyl (C=O) groups excluding carboxylic acids is 1. The van der Waals surface area contributed by atoms with Crippen LogP contribution in [0.15, 0.2) is 47.0 Å². The molecule has 0 saturated carbocycles. The molecule has 3 rings (SSSR count). The van der Waals surface area contributed by atoms with E-state index in [4.69, 9.17) is 15.0 Å². The van der Waals surface area contributed by atoms with Crippen molar-refractivity contribution in [3.05, 3.63) is 53.7 Å². The van der Waals surface area contributed by atoms with Crippen molar-refractivity contribution in [2.24, 2.45) is 5.73 Å². The molecule has 6 heteroatoms. The van der Waals surface area contributed by atoms with Crippen molar-refractivity contribution in [2.75, 3.05) is 13.7 Å². The Morgan fingerprint density at radius 3 is 2.68 bits per heavy atom. The summed E-state index contributed by atoms with van der Waals surface area (Å²) in [6.07, 6.45) is 0. The van der Waals surface area contributed by atoms with Gasteiger partial charge in [0, 0.05) is 24.4 Å². The number of benzene rings is 1. The van der Waals surface area contributed by atoms with Gasteiger partial charge in [-0.2, -0.15) is 0 Å². The summed E-state index contributed by atoms with van der Waals surface area (Å²) in [5.74, 6) is 0.204. The Bertz CT molecular complexity index is 881. The summed E-state index contributed by atoms with van der Waals surface area (Å²) in [4.78, 5) is 11.8. The molecule has 25 heavy (non-hydrogen) atoms. The minimum absolute atomic E-state index is 0.0185. The highest BCUT2D eigenvalue weighted by molar-refractivity contribution is 5.95. The van der Waals surface area contributed by atoms with Gasteiger partial charge >= 0.3 is 0 Å². The van der Waals surface area contributed by atoms with Crippen LogP contribution in [0.3, 0.4) is 0 Å². The molecule has 0 bridgehead atoms. The molecular formula is C19H21N3O3. The second-order valence-electron chi connectivity index (χ2n) is 6.01. The number of amides is 1. The average Bonchev–Trinajstić information content (AvgIpc) is 3.20. The summed E-state index contributed by atoms with van der Waals surface area (Å²) in [5.41, 5.74) is 9.15. The van der Waals surface area contributed by atoms with E-state index in [-0.39, 0.29) is 6.04 Å². The van der Waals surface area contributed by atoms with Crippen LogP contribution in [0.2, 0.25) is 0 Å². The zero-order valence-corrected chi connectivity index (χ0v) is 14.5. The third-order valence-corrected chi connectivity index (χ3v) is 4.24. The fourth-order valence-electron chi connectivity index (χ4n) is 3.09. The van der Waals surface area contributed by atoms with Crippen LogP contribution in [0.1, 0.15) is 29.0 Å². The van der Waals surface area contributed by atoms with Crippen LogP contribution in [0.4, 0.5) is 0 Å². The summed E-state index contributed by atoms with van der Waals surface area (Å²) in [6, 6.07) is 13.4.